The Morgan fingerprint density at radius 3 is 2.61 bits per heavy atom. The lowest BCUT2D eigenvalue weighted by Gasteiger charge is -2.40. The maximum absolute atomic E-state index is 14.4. The third-order valence-electron chi connectivity index (χ3n) is 8.39. The molecule has 2 N–H and O–H groups in total. The van der Waals surface area contributed by atoms with Gasteiger partial charge >= 0.3 is 5.97 Å². The second-order valence-corrected chi connectivity index (χ2v) is 11.6. The Balaban J connectivity index is 1.54. The predicted octanol–water partition coefficient (Wildman–Crippen LogP) is 0.899. The van der Waals surface area contributed by atoms with Crippen LogP contribution in [0.2, 0.25) is 0 Å². The molecule has 1 aromatic rings. The molecule has 5 rings (SSSR count). The summed E-state index contributed by atoms with van der Waals surface area (Å²) in [5.41, 5.74) is -0.644. The largest absolute Gasteiger partial charge is 0.481 e. The molecule has 38 heavy (non-hydrogen) atoms. The van der Waals surface area contributed by atoms with Gasteiger partial charge in [-0.25, -0.2) is 0 Å². The number of ether oxygens (including phenoxy) is 2. The molecule has 2 amide bonds. The van der Waals surface area contributed by atoms with Crippen molar-refractivity contribution < 1.29 is 34.1 Å². The quantitative estimate of drug-likeness (QED) is 0.304. The van der Waals surface area contributed by atoms with Crippen molar-refractivity contribution in [2.24, 2.45) is 11.8 Å². The molecule has 4 saturated heterocycles. The number of aliphatic hydroxyl groups excluding tert-OH is 1. The first kappa shape index (κ1) is 27.3. The highest BCUT2D eigenvalue weighted by atomic mass is 79.9. The standard InChI is InChI=1S/C27H34BrN3O7/c1-2-8-30(10-9-29-11-13-37-14-12-29)25(34)23-27-15-18(28)22(38-27)20(26(35)36)21(27)24(33)31(23)19(16-32)17-6-4-3-5-7-17/h2-7,18-23,32H,1,8-16H2,(H,35,36)/t18?,19-,20-,21+,22-,23-,27+/m1/s1. The average molecular weight is 592 g/mol. The lowest BCUT2D eigenvalue weighted by molar-refractivity contribution is -0.153. The molecule has 1 aromatic carbocycles. The zero-order chi connectivity index (χ0) is 27.0. The first-order valence-corrected chi connectivity index (χ1v) is 14.0. The molecule has 4 aliphatic heterocycles. The summed E-state index contributed by atoms with van der Waals surface area (Å²) in [6.45, 7) is 7.53. The van der Waals surface area contributed by atoms with E-state index in [1.807, 2.05) is 6.07 Å². The van der Waals surface area contributed by atoms with E-state index in [2.05, 4.69) is 27.4 Å². The van der Waals surface area contributed by atoms with Gasteiger partial charge in [0.1, 0.15) is 11.6 Å². The van der Waals surface area contributed by atoms with E-state index < -0.39 is 54.1 Å². The molecular weight excluding hydrogens is 558 g/mol. The zero-order valence-electron chi connectivity index (χ0n) is 21.2. The van der Waals surface area contributed by atoms with Crippen molar-refractivity contribution in [1.82, 2.24) is 14.7 Å². The third-order valence-corrected chi connectivity index (χ3v) is 9.24. The van der Waals surface area contributed by atoms with Crippen molar-refractivity contribution in [1.29, 1.82) is 0 Å². The summed E-state index contributed by atoms with van der Waals surface area (Å²) in [5, 5.41) is 20.6. The summed E-state index contributed by atoms with van der Waals surface area (Å²) in [6.07, 6.45) is 1.25. The van der Waals surface area contributed by atoms with Crippen molar-refractivity contribution in [2.75, 3.05) is 52.5 Å². The number of carbonyl (C=O) groups excluding carboxylic acids is 2. The van der Waals surface area contributed by atoms with Crippen LogP contribution in [-0.4, -0.2) is 118 Å². The van der Waals surface area contributed by atoms with Crippen LogP contribution in [-0.2, 0) is 23.9 Å². The van der Waals surface area contributed by atoms with Crippen molar-refractivity contribution in [3.63, 3.8) is 0 Å². The normalized spacial score (nSPS) is 33.3. The Morgan fingerprint density at radius 1 is 1.26 bits per heavy atom. The number of amides is 2. The molecule has 4 heterocycles. The van der Waals surface area contributed by atoms with Crippen molar-refractivity contribution in [3.8, 4) is 0 Å². The average Bonchev–Trinajstić information content (AvgIpc) is 3.51. The van der Waals surface area contributed by atoms with Gasteiger partial charge in [-0.05, 0) is 12.0 Å². The van der Waals surface area contributed by atoms with E-state index in [4.69, 9.17) is 9.47 Å². The number of likely N-dealkylation sites (tertiary alicyclic amines) is 1. The van der Waals surface area contributed by atoms with Gasteiger partial charge in [-0.1, -0.05) is 52.3 Å². The van der Waals surface area contributed by atoms with E-state index in [1.54, 1.807) is 35.2 Å². The number of aliphatic carboxylic acids is 1. The molecule has 11 heteroatoms. The van der Waals surface area contributed by atoms with Gasteiger partial charge in [0.2, 0.25) is 11.8 Å². The number of halogens is 1. The molecule has 7 atom stereocenters. The Morgan fingerprint density at radius 2 is 1.97 bits per heavy atom. The number of benzene rings is 1. The summed E-state index contributed by atoms with van der Waals surface area (Å²) >= 11 is 3.57. The molecule has 4 aliphatic rings. The maximum Gasteiger partial charge on any atom is 0.310 e. The Bertz CT molecular complexity index is 1070. The number of rotatable bonds is 10. The van der Waals surface area contributed by atoms with Crippen LogP contribution in [0, 0.1) is 11.8 Å². The fraction of sp³-hybridized carbons (Fsp3) is 0.593. The van der Waals surface area contributed by atoms with Crippen LogP contribution >= 0.6 is 15.9 Å². The summed E-state index contributed by atoms with van der Waals surface area (Å²) in [5.74, 6) is -4.02. The van der Waals surface area contributed by atoms with Crippen LogP contribution in [0.4, 0.5) is 0 Å². The molecule has 1 spiro atoms. The third kappa shape index (κ3) is 4.48. The molecule has 0 aromatic heterocycles. The molecular formula is C27H34BrN3O7. The topological polar surface area (TPSA) is 120 Å². The van der Waals surface area contributed by atoms with Crippen LogP contribution in [0.25, 0.3) is 0 Å². The van der Waals surface area contributed by atoms with Gasteiger partial charge in [0, 0.05) is 37.6 Å². The minimum atomic E-state index is -1.31. The SMILES string of the molecule is C=CCN(CCN1CCOCC1)C(=O)[C@H]1N([C@H](CO)c2ccccc2)C(=O)[C@@H]2[C@@H](C(=O)O)[C@@H]3O[C@@]21CC3Br. The van der Waals surface area contributed by atoms with Gasteiger partial charge in [-0.3, -0.25) is 19.3 Å². The fourth-order valence-corrected chi connectivity index (χ4v) is 7.64. The van der Waals surface area contributed by atoms with Gasteiger partial charge < -0.3 is 29.5 Å². The summed E-state index contributed by atoms with van der Waals surface area (Å²) in [4.78, 5) is 45.9. The highest BCUT2D eigenvalue weighted by molar-refractivity contribution is 9.09. The molecule has 10 nitrogen and oxygen atoms in total. The minimum absolute atomic E-state index is 0.265. The number of morpholine rings is 1. The first-order chi connectivity index (χ1) is 18.3. The molecule has 2 bridgehead atoms. The highest BCUT2D eigenvalue weighted by Gasteiger charge is 2.77. The van der Waals surface area contributed by atoms with Gasteiger partial charge in [0.05, 0.1) is 43.8 Å². The Labute approximate surface area is 230 Å². The Hall–Kier alpha value is -2.31. The molecule has 1 unspecified atom stereocenters. The van der Waals surface area contributed by atoms with Crippen LogP contribution in [0.15, 0.2) is 43.0 Å². The van der Waals surface area contributed by atoms with E-state index >= 15 is 0 Å². The van der Waals surface area contributed by atoms with Crippen molar-refractivity contribution in [3.05, 3.63) is 48.6 Å². The number of carboxylic acid groups (broad SMARTS) is 1. The van der Waals surface area contributed by atoms with E-state index in [0.717, 1.165) is 13.1 Å². The predicted molar refractivity (Wildman–Crippen MR) is 140 cm³/mol. The van der Waals surface area contributed by atoms with Gasteiger partial charge in [0.25, 0.3) is 0 Å². The molecule has 0 saturated carbocycles. The number of carboxylic acids is 1. The zero-order valence-corrected chi connectivity index (χ0v) is 22.7. The highest BCUT2D eigenvalue weighted by Crippen LogP contribution is 2.61. The monoisotopic (exact) mass is 591 g/mol. The molecule has 0 aliphatic carbocycles. The fourth-order valence-electron chi connectivity index (χ4n) is 6.70. The number of hydrogen-bond donors (Lipinski definition) is 2. The lowest BCUT2D eigenvalue weighted by atomic mass is 9.70. The van der Waals surface area contributed by atoms with E-state index in [1.165, 1.54) is 4.90 Å². The number of hydrogen-bond acceptors (Lipinski definition) is 7. The van der Waals surface area contributed by atoms with E-state index in [9.17, 15) is 24.6 Å². The van der Waals surface area contributed by atoms with Crippen LogP contribution < -0.4 is 0 Å². The number of carbonyl (C=O) groups is 3. The van der Waals surface area contributed by atoms with Crippen LogP contribution in [0.5, 0.6) is 0 Å². The summed E-state index contributed by atoms with van der Waals surface area (Å²) in [7, 11) is 0. The summed E-state index contributed by atoms with van der Waals surface area (Å²) < 4.78 is 11.8. The minimum Gasteiger partial charge on any atom is -0.481 e. The van der Waals surface area contributed by atoms with Gasteiger partial charge in [-0.15, -0.1) is 6.58 Å². The first-order valence-electron chi connectivity index (χ1n) is 13.1. The molecule has 0 radical (unpaired) electrons. The van der Waals surface area contributed by atoms with Crippen LogP contribution in [0.1, 0.15) is 18.0 Å². The number of nitrogens with zero attached hydrogens (tertiary/aromatic N) is 3. The number of alkyl halides is 1. The smallest absolute Gasteiger partial charge is 0.310 e. The van der Waals surface area contributed by atoms with E-state index in [-0.39, 0.29) is 17.3 Å². The second kappa shape index (κ2) is 11.1. The second-order valence-electron chi connectivity index (χ2n) is 10.4. The van der Waals surface area contributed by atoms with Crippen molar-refractivity contribution in [2.45, 2.75) is 35.0 Å². The van der Waals surface area contributed by atoms with Crippen molar-refractivity contribution >= 4 is 33.7 Å². The lowest BCUT2D eigenvalue weighted by Crippen LogP contribution is -2.58. The number of fused-ring (bicyclic) bond motifs is 1. The maximum atomic E-state index is 14.4. The van der Waals surface area contributed by atoms with Gasteiger partial charge in [0.15, 0.2) is 0 Å². The molecule has 4 fully saturated rings. The van der Waals surface area contributed by atoms with Gasteiger partial charge in [-0.2, -0.15) is 0 Å². The van der Waals surface area contributed by atoms with Crippen LogP contribution in [0.3, 0.4) is 0 Å². The summed E-state index contributed by atoms with van der Waals surface area (Å²) in [6, 6.07) is 7.11. The van der Waals surface area contributed by atoms with E-state index in [0.29, 0.717) is 38.3 Å². The molecule has 206 valence electrons. The number of aliphatic hydroxyl groups is 1. The Kier molecular flexibility index (Phi) is 7.93.